The zero-order valence-electron chi connectivity index (χ0n) is 9.13. The van der Waals surface area contributed by atoms with E-state index < -0.39 is 5.60 Å². The van der Waals surface area contributed by atoms with E-state index >= 15 is 0 Å². The molecule has 14 heavy (non-hydrogen) atoms. The van der Waals surface area contributed by atoms with Crippen LogP contribution in [0.15, 0.2) is 12.1 Å². The third-order valence-electron chi connectivity index (χ3n) is 2.31. The molecule has 0 aromatic carbocycles. The molecule has 2 nitrogen and oxygen atoms in total. The maximum Gasteiger partial charge on any atom is 0.0972 e. The minimum absolute atomic E-state index is 0.679. The lowest BCUT2D eigenvalue weighted by Gasteiger charge is -2.21. The molecule has 0 aliphatic heterocycles. The predicted molar refractivity (Wildman–Crippen MR) is 61.8 cm³/mol. The Balaban J connectivity index is 2.56. The van der Waals surface area contributed by atoms with Crippen LogP contribution in [0, 0.1) is 6.92 Å². The monoisotopic (exact) mass is 213 g/mol. The molecule has 0 aliphatic rings. The molecule has 1 atom stereocenters. The molecule has 3 heteroatoms. The van der Waals surface area contributed by atoms with Crippen molar-refractivity contribution >= 4 is 11.3 Å². The Labute approximate surface area is 90.0 Å². The van der Waals surface area contributed by atoms with Gasteiger partial charge in [0.25, 0.3) is 0 Å². The number of nitrogens with one attached hydrogen (secondary N) is 1. The molecule has 1 unspecified atom stereocenters. The quantitative estimate of drug-likeness (QED) is 0.735. The van der Waals surface area contributed by atoms with Crippen LogP contribution in [0.3, 0.4) is 0 Å². The van der Waals surface area contributed by atoms with E-state index in [1.54, 1.807) is 11.3 Å². The number of aliphatic hydroxyl groups is 1. The van der Waals surface area contributed by atoms with Crippen molar-refractivity contribution in [2.24, 2.45) is 0 Å². The minimum atomic E-state index is -0.679. The summed E-state index contributed by atoms with van der Waals surface area (Å²) in [6, 6.07) is 4.08. The standard InChI is InChI=1S/C11H19NOS/c1-4-12-8-7-11(3,13)10-6-5-9(2)14-10/h5-6,12-13H,4,7-8H2,1-3H3. The highest BCUT2D eigenvalue weighted by atomic mass is 32.1. The summed E-state index contributed by atoms with van der Waals surface area (Å²) in [5.41, 5.74) is -0.679. The fourth-order valence-electron chi connectivity index (χ4n) is 1.36. The fourth-order valence-corrected chi connectivity index (χ4v) is 2.30. The lowest BCUT2D eigenvalue weighted by atomic mass is 10.0. The molecule has 0 amide bonds. The molecule has 0 saturated carbocycles. The number of hydrogen-bond acceptors (Lipinski definition) is 3. The summed E-state index contributed by atoms with van der Waals surface area (Å²) in [6.45, 7) is 7.84. The summed E-state index contributed by atoms with van der Waals surface area (Å²) in [7, 11) is 0. The first-order chi connectivity index (χ1) is 6.56. The molecule has 2 N–H and O–H groups in total. The molecule has 1 aromatic heterocycles. The van der Waals surface area contributed by atoms with Gasteiger partial charge in [-0.05, 0) is 45.5 Å². The van der Waals surface area contributed by atoms with Gasteiger partial charge >= 0.3 is 0 Å². The predicted octanol–water partition coefficient (Wildman–Crippen LogP) is 2.26. The van der Waals surface area contributed by atoms with Crippen molar-refractivity contribution in [1.82, 2.24) is 5.32 Å². The van der Waals surface area contributed by atoms with Crippen molar-refractivity contribution in [3.63, 3.8) is 0 Å². The van der Waals surface area contributed by atoms with E-state index in [1.165, 1.54) is 4.88 Å². The van der Waals surface area contributed by atoms with Crippen LogP contribution in [-0.2, 0) is 5.60 Å². The topological polar surface area (TPSA) is 32.3 Å². The Morgan fingerprint density at radius 2 is 2.21 bits per heavy atom. The second-order valence-corrected chi connectivity index (χ2v) is 5.08. The van der Waals surface area contributed by atoms with Gasteiger partial charge < -0.3 is 10.4 Å². The van der Waals surface area contributed by atoms with Crippen LogP contribution in [0.25, 0.3) is 0 Å². The van der Waals surface area contributed by atoms with E-state index in [0.29, 0.717) is 0 Å². The van der Waals surface area contributed by atoms with E-state index in [0.717, 1.165) is 24.4 Å². The lowest BCUT2D eigenvalue weighted by Crippen LogP contribution is -2.26. The van der Waals surface area contributed by atoms with Crippen molar-refractivity contribution in [3.8, 4) is 0 Å². The smallest absolute Gasteiger partial charge is 0.0972 e. The molecule has 1 aromatic rings. The second kappa shape index (κ2) is 4.91. The van der Waals surface area contributed by atoms with E-state index in [-0.39, 0.29) is 0 Å². The van der Waals surface area contributed by atoms with Crippen molar-refractivity contribution < 1.29 is 5.11 Å². The Morgan fingerprint density at radius 3 is 2.71 bits per heavy atom. The molecule has 0 aliphatic carbocycles. The molecule has 1 rings (SSSR count). The summed E-state index contributed by atoms with van der Waals surface area (Å²) < 4.78 is 0. The highest BCUT2D eigenvalue weighted by Crippen LogP contribution is 2.30. The van der Waals surface area contributed by atoms with Gasteiger partial charge in [-0.2, -0.15) is 0 Å². The van der Waals surface area contributed by atoms with Crippen molar-refractivity contribution in [3.05, 3.63) is 21.9 Å². The third kappa shape index (κ3) is 3.08. The van der Waals surface area contributed by atoms with Gasteiger partial charge in [-0.1, -0.05) is 6.92 Å². The molecule has 0 bridgehead atoms. The van der Waals surface area contributed by atoms with Crippen LogP contribution in [0.5, 0.6) is 0 Å². The number of aryl methyl sites for hydroxylation is 1. The number of thiophene rings is 1. The maximum atomic E-state index is 10.2. The average Bonchev–Trinajstić information content (AvgIpc) is 2.53. The largest absolute Gasteiger partial charge is 0.385 e. The number of hydrogen-bond donors (Lipinski definition) is 2. The van der Waals surface area contributed by atoms with Crippen LogP contribution in [0.2, 0.25) is 0 Å². The van der Waals surface area contributed by atoms with Crippen molar-refractivity contribution in [1.29, 1.82) is 0 Å². The SMILES string of the molecule is CCNCCC(C)(O)c1ccc(C)s1. The van der Waals surface area contributed by atoms with E-state index in [2.05, 4.69) is 25.2 Å². The van der Waals surface area contributed by atoms with Crippen molar-refractivity contribution in [2.45, 2.75) is 32.8 Å². The lowest BCUT2D eigenvalue weighted by molar-refractivity contribution is 0.0519. The highest BCUT2D eigenvalue weighted by molar-refractivity contribution is 7.12. The first kappa shape index (κ1) is 11.7. The highest BCUT2D eigenvalue weighted by Gasteiger charge is 2.23. The Kier molecular flexibility index (Phi) is 4.11. The van der Waals surface area contributed by atoms with Gasteiger partial charge in [0.1, 0.15) is 0 Å². The van der Waals surface area contributed by atoms with Gasteiger partial charge in [0.15, 0.2) is 0 Å². The fraction of sp³-hybridized carbons (Fsp3) is 0.636. The normalized spacial score (nSPS) is 15.4. The van der Waals surface area contributed by atoms with Gasteiger partial charge in [0.2, 0.25) is 0 Å². The first-order valence-electron chi connectivity index (χ1n) is 5.06. The zero-order chi connectivity index (χ0) is 10.6. The molecule has 1 heterocycles. The Hall–Kier alpha value is -0.380. The number of rotatable bonds is 5. The van der Waals surface area contributed by atoms with Gasteiger partial charge in [0, 0.05) is 9.75 Å². The van der Waals surface area contributed by atoms with Gasteiger partial charge in [-0.3, -0.25) is 0 Å². The molecule has 0 radical (unpaired) electrons. The van der Waals surface area contributed by atoms with Gasteiger partial charge in [-0.15, -0.1) is 11.3 Å². The molecular weight excluding hydrogens is 194 g/mol. The van der Waals surface area contributed by atoms with Crippen LogP contribution < -0.4 is 5.32 Å². The summed E-state index contributed by atoms with van der Waals surface area (Å²) in [4.78, 5) is 2.32. The Bertz CT molecular complexity index is 281. The van der Waals surface area contributed by atoms with E-state index in [4.69, 9.17) is 0 Å². The van der Waals surface area contributed by atoms with Gasteiger partial charge in [0.05, 0.1) is 5.60 Å². The first-order valence-corrected chi connectivity index (χ1v) is 5.88. The summed E-state index contributed by atoms with van der Waals surface area (Å²) in [5, 5.41) is 13.4. The average molecular weight is 213 g/mol. The maximum absolute atomic E-state index is 10.2. The molecule has 0 fully saturated rings. The van der Waals surface area contributed by atoms with Crippen LogP contribution >= 0.6 is 11.3 Å². The molecule has 0 spiro atoms. The molecular formula is C11H19NOS. The third-order valence-corrected chi connectivity index (χ3v) is 3.56. The Morgan fingerprint density at radius 1 is 1.50 bits per heavy atom. The second-order valence-electron chi connectivity index (χ2n) is 3.79. The van der Waals surface area contributed by atoms with Crippen LogP contribution in [-0.4, -0.2) is 18.2 Å². The van der Waals surface area contributed by atoms with E-state index in [9.17, 15) is 5.11 Å². The van der Waals surface area contributed by atoms with Crippen LogP contribution in [0.1, 0.15) is 30.0 Å². The van der Waals surface area contributed by atoms with Crippen molar-refractivity contribution in [2.75, 3.05) is 13.1 Å². The van der Waals surface area contributed by atoms with E-state index in [1.807, 2.05) is 13.0 Å². The summed E-state index contributed by atoms with van der Waals surface area (Å²) >= 11 is 1.67. The summed E-state index contributed by atoms with van der Waals surface area (Å²) in [5.74, 6) is 0. The zero-order valence-corrected chi connectivity index (χ0v) is 9.95. The van der Waals surface area contributed by atoms with Crippen LogP contribution in [0.4, 0.5) is 0 Å². The molecule has 80 valence electrons. The summed E-state index contributed by atoms with van der Waals surface area (Å²) in [6.07, 6.45) is 0.765. The minimum Gasteiger partial charge on any atom is -0.385 e. The molecule has 0 saturated heterocycles. The van der Waals surface area contributed by atoms with Gasteiger partial charge in [-0.25, -0.2) is 0 Å².